The van der Waals surface area contributed by atoms with Crippen LogP contribution in [0, 0.1) is 6.92 Å². The smallest absolute Gasteiger partial charge is 0.0345 e. The average Bonchev–Trinajstić information content (AvgIpc) is 2.83. The highest BCUT2D eigenvalue weighted by atomic mass is 32.1. The summed E-state index contributed by atoms with van der Waals surface area (Å²) in [6.45, 7) is 2.13. The first-order valence-corrected chi connectivity index (χ1v) is 7.40. The third kappa shape index (κ3) is 2.42. The van der Waals surface area contributed by atoms with Crippen molar-refractivity contribution in [2.24, 2.45) is 5.73 Å². The second-order valence-electron chi connectivity index (χ2n) is 4.92. The molecule has 0 aliphatic heterocycles. The van der Waals surface area contributed by atoms with Gasteiger partial charge in [-0.1, -0.05) is 42.5 Å². The lowest BCUT2D eigenvalue weighted by Gasteiger charge is -2.14. The lowest BCUT2D eigenvalue weighted by atomic mass is 9.96. The minimum absolute atomic E-state index is 0.0687. The Kier molecular flexibility index (Phi) is 3.36. The molecule has 0 spiro atoms. The molecule has 0 radical (unpaired) electrons. The zero-order chi connectivity index (χ0) is 13.2. The Morgan fingerprint density at radius 1 is 1.05 bits per heavy atom. The second kappa shape index (κ2) is 5.16. The van der Waals surface area contributed by atoms with Crippen molar-refractivity contribution >= 4 is 21.4 Å². The van der Waals surface area contributed by atoms with Gasteiger partial charge in [0.15, 0.2) is 0 Å². The summed E-state index contributed by atoms with van der Waals surface area (Å²) in [7, 11) is 0. The molecule has 0 aliphatic rings. The zero-order valence-electron chi connectivity index (χ0n) is 11.0. The molecule has 0 saturated heterocycles. The van der Waals surface area contributed by atoms with Crippen LogP contribution in [0.25, 0.3) is 10.1 Å². The van der Waals surface area contributed by atoms with Gasteiger partial charge in [0.2, 0.25) is 0 Å². The van der Waals surface area contributed by atoms with Crippen molar-refractivity contribution in [3.63, 3.8) is 0 Å². The predicted molar refractivity (Wildman–Crippen MR) is 83.6 cm³/mol. The van der Waals surface area contributed by atoms with Crippen LogP contribution in [-0.4, -0.2) is 0 Å². The number of fused-ring (bicyclic) bond motifs is 1. The molecule has 19 heavy (non-hydrogen) atoms. The molecule has 0 amide bonds. The standard InChI is InChI=1S/C17H17NS/c1-12-6-2-3-7-14(12)16(18)10-13-11-19-17-9-5-4-8-15(13)17/h2-9,11,16H,10,18H2,1H3. The van der Waals surface area contributed by atoms with E-state index >= 15 is 0 Å². The van der Waals surface area contributed by atoms with Gasteiger partial charge in [0.1, 0.15) is 0 Å². The van der Waals surface area contributed by atoms with Crippen LogP contribution in [-0.2, 0) is 6.42 Å². The zero-order valence-corrected chi connectivity index (χ0v) is 11.8. The van der Waals surface area contributed by atoms with Crippen molar-refractivity contribution in [3.8, 4) is 0 Å². The lowest BCUT2D eigenvalue weighted by molar-refractivity contribution is 0.721. The Morgan fingerprint density at radius 3 is 2.63 bits per heavy atom. The van der Waals surface area contributed by atoms with E-state index in [0.717, 1.165) is 6.42 Å². The normalized spacial score (nSPS) is 12.7. The minimum atomic E-state index is 0.0687. The van der Waals surface area contributed by atoms with Gasteiger partial charge in [-0.25, -0.2) is 0 Å². The molecule has 1 nitrogen and oxygen atoms in total. The van der Waals surface area contributed by atoms with Gasteiger partial charge < -0.3 is 5.73 Å². The summed E-state index contributed by atoms with van der Waals surface area (Å²) < 4.78 is 1.34. The van der Waals surface area contributed by atoms with Crippen LogP contribution in [0.3, 0.4) is 0 Å². The first-order valence-electron chi connectivity index (χ1n) is 6.52. The third-order valence-corrected chi connectivity index (χ3v) is 4.60. The number of hydrogen-bond donors (Lipinski definition) is 1. The van der Waals surface area contributed by atoms with E-state index in [4.69, 9.17) is 5.73 Å². The van der Waals surface area contributed by atoms with Crippen LogP contribution in [0.1, 0.15) is 22.7 Å². The van der Waals surface area contributed by atoms with Crippen molar-refractivity contribution in [1.29, 1.82) is 0 Å². The van der Waals surface area contributed by atoms with Crippen molar-refractivity contribution in [2.75, 3.05) is 0 Å². The quantitative estimate of drug-likeness (QED) is 0.745. The van der Waals surface area contributed by atoms with Crippen molar-refractivity contribution < 1.29 is 0 Å². The highest BCUT2D eigenvalue weighted by Gasteiger charge is 2.12. The predicted octanol–water partition coefficient (Wildman–Crippen LogP) is 4.45. The summed E-state index contributed by atoms with van der Waals surface area (Å²) in [5.74, 6) is 0. The van der Waals surface area contributed by atoms with Crippen LogP contribution in [0.15, 0.2) is 53.9 Å². The van der Waals surface area contributed by atoms with Crippen molar-refractivity contribution in [3.05, 3.63) is 70.6 Å². The summed E-state index contributed by atoms with van der Waals surface area (Å²) >= 11 is 1.80. The molecule has 2 aromatic carbocycles. The molecule has 0 fully saturated rings. The van der Waals surface area contributed by atoms with E-state index in [1.165, 1.54) is 26.8 Å². The maximum Gasteiger partial charge on any atom is 0.0345 e. The number of rotatable bonds is 3. The van der Waals surface area contributed by atoms with E-state index in [2.05, 4.69) is 60.8 Å². The molecule has 0 aliphatic carbocycles. The Bertz CT molecular complexity index is 699. The van der Waals surface area contributed by atoms with E-state index in [-0.39, 0.29) is 6.04 Å². The summed E-state index contributed by atoms with van der Waals surface area (Å²) in [5, 5.41) is 3.58. The first kappa shape index (κ1) is 12.4. The number of aryl methyl sites for hydroxylation is 1. The Morgan fingerprint density at radius 2 is 1.79 bits per heavy atom. The van der Waals surface area contributed by atoms with Crippen LogP contribution in [0.2, 0.25) is 0 Å². The van der Waals surface area contributed by atoms with Gasteiger partial charge in [-0.3, -0.25) is 0 Å². The lowest BCUT2D eigenvalue weighted by Crippen LogP contribution is -2.14. The maximum atomic E-state index is 6.38. The van der Waals surface area contributed by atoms with Gasteiger partial charge in [-0.15, -0.1) is 11.3 Å². The van der Waals surface area contributed by atoms with Crippen molar-refractivity contribution in [1.82, 2.24) is 0 Å². The molecule has 1 heterocycles. The summed E-state index contributed by atoms with van der Waals surface area (Å²) in [6, 6.07) is 17.0. The van der Waals surface area contributed by atoms with E-state index in [1.807, 2.05) is 0 Å². The molecule has 96 valence electrons. The summed E-state index contributed by atoms with van der Waals surface area (Å²) in [6.07, 6.45) is 0.898. The fourth-order valence-electron chi connectivity index (χ4n) is 2.54. The fraction of sp³-hybridized carbons (Fsp3) is 0.176. The molecule has 0 bridgehead atoms. The Hall–Kier alpha value is -1.64. The molecule has 3 aromatic rings. The molecule has 1 unspecified atom stereocenters. The van der Waals surface area contributed by atoms with Gasteiger partial charge in [0.05, 0.1) is 0 Å². The van der Waals surface area contributed by atoms with Crippen molar-refractivity contribution in [2.45, 2.75) is 19.4 Å². The van der Waals surface area contributed by atoms with Crippen LogP contribution >= 0.6 is 11.3 Å². The molecule has 1 aromatic heterocycles. The van der Waals surface area contributed by atoms with Gasteiger partial charge in [0.25, 0.3) is 0 Å². The van der Waals surface area contributed by atoms with Gasteiger partial charge in [0, 0.05) is 10.7 Å². The largest absolute Gasteiger partial charge is 0.324 e. The molecule has 3 rings (SSSR count). The van der Waals surface area contributed by atoms with Gasteiger partial charge >= 0.3 is 0 Å². The number of benzene rings is 2. The minimum Gasteiger partial charge on any atom is -0.324 e. The van der Waals surface area contributed by atoms with Crippen LogP contribution in [0.4, 0.5) is 0 Å². The monoisotopic (exact) mass is 267 g/mol. The topological polar surface area (TPSA) is 26.0 Å². The Balaban J connectivity index is 1.91. The highest BCUT2D eigenvalue weighted by Crippen LogP contribution is 2.29. The summed E-state index contributed by atoms with van der Waals surface area (Å²) in [5.41, 5.74) is 10.3. The van der Waals surface area contributed by atoms with Crippen LogP contribution < -0.4 is 5.73 Å². The van der Waals surface area contributed by atoms with E-state index in [0.29, 0.717) is 0 Å². The molecule has 2 N–H and O–H groups in total. The fourth-order valence-corrected chi connectivity index (χ4v) is 3.52. The molecular formula is C17H17NS. The van der Waals surface area contributed by atoms with E-state index in [1.54, 1.807) is 11.3 Å². The van der Waals surface area contributed by atoms with Gasteiger partial charge in [-0.05, 0) is 46.9 Å². The van der Waals surface area contributed by atoms with Gasteiger partial charge in [-0.2, -0.15) is 0 Å². The number of hydrogen-bond acceptors (Lipinski definition) is 2. The van der Waals surface area contributed by atoms with Crippen LogP contribution in [0.5, 0.6) is 0 Å². The number of thiophene rings is 1. The third-order valence-electron chi connectivity index (χ3n) is 3.59. The number of nitrogens with two attached hydrogens (primary N) is 1. The molecular weight excluding hydrogens is 250 g/mol. The molecule has 0 saturated carbocycles. The Labute approximate surface area is 117 Å². The second-order valence-corrected chi connectivity index (χ2v) is 5.84. The SMILES string of the molecule is Cc1ccccc1C(N)Cc1csc2ccccc12. The summed E-state index contributed by atoms with van der Waals surface area (Å²) in [4.78, 5) is 0. The van der Waals surface area contributed by atoms with E-state index < -0.39 is 0 Å². The molecule has 1 atom stereocenters. The first-order chi connectivity index (χ1) is 9.25. The average molecular weight is 267 g/mol. The molecule has 2 heteroatoms. The van der Waals surface area contributed by atoms with E-state index in [9.17, 15) is 0 Å². The highest BCUT2D eigenvalue weighted by molar-refractivity contribution is 7.17. The maximum absolute atomic E-state index is 6.38.